The molecule has 1 N–H and O–H groups in total. The van der Waals surface area contributed by atoms with Crippen LogP contribution >= 0.6 is 0 Å². The normalized spacial score (nSPS) is 12.0. The summed E-state index contributed by atoms with van der Waals surface area (Å²) in [5.74, 6) is -0.396. The number of hydrogen-bond donors (Lipinski definition) is 1. The van der Waals surface area contributed by atoms with Crippen LogP contribution in [-0.4, -0.2) is 30.9 Å². The first kappa shape index (κ1) is 22.7. The summed E-state index contributed by atoms with van der Waals surface area (Å²) in [6.07, 6.45) is 0. The average molecular weight is 423 g/mol. The molecule has 0 bridgehead atoms. The lowest BCUT2D eigenvalue weighted by molar-refractivity contribution is 0.171. The largest absolute Gasteiger partial charge is 0.379 e. The van der Waals surface area contributed by atoms with Gasteiger partial charge in [-0.1, -0.05) is 12.1 Å². The minimum absolute atomic E-state index is 0.0212. The number of benzene rings is 2. The van der Waals surface area contributed by atoms with Crippen LogP contribution in [0.2, 0.25) is 0 Å². The second-order valence-electron chi connectivity index (χ2n) is 8.04. The quantitative estimate of drug-likeness (QED) is 0.704. The van der Waals surface area contributed by atoms with Gasteiger partial charge in [0.1, 0.15) is 16.5 Å². The van der Waals surface area contributed by atoms with Crippen LogP contribution in [0.5, 0.6) is 5.75 Å². The highest BCUT2D eigenvalue weighted by atomic mass is 32.2. The van der Waals surface area contributed by atoms with Gasteiger partial charge in [0.15, 0.2) is 0 Å². The molecule has 0 unspecified atom stereocenters. The van der Waals surface area contributed by atoms with Crippen LogP contribution in [0.4, 0.5) is 9.18 Å². The number of amides is 2. The Morgan fingerprint density at radius 3 is 2.10 bits per heavy atom. The van der Waals surface area contributed by atoms with E-state index in [4.69, 9.17) is 4.18 Å². The molecule has 0 aliphatic heterocycles. The molecule has 29 heavy (non-hydrogen) atoms. The van der Waals surface area contributed by atoms with Gasteiger partial charge in [-0.2, -0.15) is 8.42 Å². The second-order valence-corrected chi connectivity index (χ2v) is 9.58. The van der Waals surface area contributed by atoms with Gasteiger partial charge in [-0.15, -0.1) is 0 Å². The maximum absolute atomic E-state index is 13.0. The van der Waals surface area contributed by atoms with E-state index in [0.717, 1.165) is 29.8 Å². The molecule has 0 fully saturated rings. The van der Waals surface area contributed by atoms with Crippen molar-refractivity contribution in [3.8, 4) is 5.75 Å². The summed E-state index contributed by atoms with van der Waals surface area (Å²) in [5.41, 5.74) is 0.477. The Hall–Kier alpha value is -2.61. The molecule has 0 aliphatic carbocycles. The molecule has 0 saturated carbocycles. The van der Waals surface area contributed by atoms with Gasteiger partial charge in [-0.25, -0.2) is 9.18 Å². The lowest BCUT2D eigenvalue weighted by Gasteiger charge is -2.31. The molecule has 0 aliphatic rings. The zero-order valence-corrected chi connectivity index (χ0v) is 18.1. The SMILES string of the molecule is CC(C)N(Cc1ccc(OS(=O)(=O)c2ccc(F)cc2)cc1)C(=O)NC(C)(C)C. The Bertz CT molecular complexity index is 934. The Labute approximate surface area is 171 Å². The van der Waals surface area contributed by atoms with E-state index in [1.807, 2.05) is 34.6 Å². The van der Waals surface area contributed by atoms with Crippen molar-refractivity contribution < 1.29 is 21.8 Å². The predicted molar refractivity (Wildman–Crippen MR) is 110 cm³/mol. The molecule has 2 rings (SSSR count). The third kappa shape index (κ3) is 6.74. The van der Waals surface area contributed by atoms with Gasteiger partial charge in [0, 0.05) is 18.1 Å². The molecule has 2 aromatic carbocycles. The highest BCUT2D eigenvalue weighted by Crippen LogP contribution is 2.20. The summed E-state index contributed by atoms with van der Waals surface area (Å²) >= 11 is 0. The maximum Gasteiger partial charge on any atom is 0.339 e. The van der Waals surface area contributed by atoms with Gasteiger partial charge in [0.05, 0.1) is 0 Å². The van der Waals surface area contributed by atoms with Crippen molar-refractivity contribution in [2.24, 2.45) is 0 Å². The fourth-order valence-corrected chi connectivity index (χ4v) is 3.43. The van der Waals surface area contributed by atoms with Crippen molar-refractivity contribution in [1.82, 2.24) is 10.2 Å². The van der Waals surface area contributed by atoms with Crippen molar-refractivity contribution in [1.29, 1.82) is 0 Å². The van der Waals surface area contributed by atoms with Crippen LogP contribution in [-0.2, 0) is 16.7 Å². The molecule has 6 nitrogen and oxygen atoms in total. The van der Waals surface area contributed by atoms with E-state index in [0.29, 0.717) is 6.54 Å². The van der Waals surface area contributed by atoms with Gasteiger partial charge >= 0.3 is 16.1 Å². The molecule has 2 aromatic rings. The van der Waals surface area contributed by atoms with E-state index in [1.165, 1.54) is 12.1 Å². The Morgan fingerprint density at radius 1 is 1.07 bits per heavy atom. The molecule has 0 radical (unpaired) electrons. The molecule has 0 spiro atoms. The van der Waals surface area contributed by atoms with Crippen LogP contribution in [0.25, 0.3) is 0 Å². The average Bonchev–Trinajstić information content (AvgIpc) is 2.59. The van der Waals surface area contributed by atoms with Gasteiger partial charge in [0.2, 0.25) is 0 Å². The van der Waals surface area contributed by atoms with E-state index in [-0.39, 0.29) is 28.3 Å². The molecular weight excluding hydrogens is 395 g/mol. The van der Waals surface area contributed by atoms with Crippen LogP contribution in [0, 0.1) is 5.82 Å². The van der Waals surface area contributed by atoms with Crippen molar-refractivity contribution in [3.63, 3.8) is 0 Å². The zero-order chi connectivity index (χ0) is 21.8. The summed E-state index contributed by atoms with van der Waals surface area (Å²) in [7, 11) is -4.05. The van der Waals surface area contributed by atoms with E-state index < -0.39 is 15.9 Å². The van der Waals surface area contributed by atoms with Crippen molar-refractivity contribution in [3.05, 3.63) is 59.9 Å². The third-order valence-electron chi connectivity index (χ3n) is 3.95. The van der Waals surface area contributed by atoms with Gasteiger partial charge in [-0.05, 0) is 76.6 Å². The maximum atomic E-state index is 13.0. The minimum atomic E-state index is -4.05. The van der Waals surface area contributed by atoms with Crippen molar-refractivity contribution in [2.75, 3.05) is 0 Å². The fraction of sp³-hybridized carbons (Fsp3) is 0.381. The van der Waals surface area contributed by atoms with Crippen LogP contribution in [0.1, 0.15) is 40.2 Å². The molecule has 2 amide bonds. The Balaban J connectivity index is 2.10. The summed E-state index contributed by atoms with van der Waals surface area (Å²) < 4.78 is 42.7. The number of nitrogens with one attached hydrogen (secondary N) is 1. The molecule has 0 atom stereocenters. The zero-order valence-electron chi connectivity index (χ0n) is 17.3. The van der Waals surface area contributed by atoms with Gasteiger partial charge in [-0.3, -0.25) is 0 Å². The van der Waals surface area contributed by atoms with Crippen LogP contribution in [0.15, 0.2) is 53.4 Å². The third-order valence-corrected chi connectivity index (χ3v) is 5.21. The summed E-state index contributed by atoms with van der Waals surface area (Å²) in [6.45, 7) is 9.96. The smallest absolute Gasteiger partial charge is 0.339 e. The molecule has 0 aromatic heterocycles. The highest BCUT2D eigenvalue weighted by Gasteiger charge is 2.22. The van der Waals surface area contributed by atoms with E-state index in [1.54, 1.807) is 17.0 Å². The molecule has 0 heterocycles. The van der Waals surface area contributed by atoms with Crippen molar-refractivity contribution in [2.45, 2.75) is 57.6 Å². The Kier molecular flexibility index (Phi) is 6.89. The molecule has 0 saturated heterocycles. The highest BCUT2D eigenvalue weighted by molar-refractivity contribution is 7.87. The van der Waals surface area contributed by atoms with Gasteiger partial charge < -0.3 is 14.4 Å². The standard InChI is InChI=1S/C21H27FN2O4S/c1-15(2)24(20(25)23-21(3,4)5)14-16-6-10-18(11-7-16)28-29(26,27)19-12-8-17(22)9-13-19/h6-13,15H,14H2,1-5H3,(H,23,25). The van der Waals surface area contributed by atoms with Crippen molar-refractivity contribution >= 4 is 16.1 Å². The Morgan fingerprint density at radius 2 is 1.62 bits per heavy atom. The molecular formula is C21H27FN2O4S. The summed E-state index contributed by atoms with van der Waals surface area (Å²) in [5, 5.41) is 2.94. The lowest BCUT2D eigenvalue weighted by atomic mass is 10.1. The lowest BCUT2D eigenvalue weighted by Crippen LogP contribution is -2.50. The van der Waals surface area contributed by atoms with Crippen LogP contribution in [0.3, 0.4) is 0 Å². The van der Waals surface area contributed by atoms with E-state index >= 15 is 0 Å². The predicted octanol–water partition coefficient (Wildman–Crippen LogP) is 4.31. The number of nitrogens with zero attached hydrogens (tertiary/aromatic N) is 1. The molecule has 158 valence electrons. The summed E-state index contributed by atoms with van der Waals surface area (Å²) in [4.78, 5) is 14.1. The number of carbonyl (C=O) groups is 1. The topological polar surface area (TPSA) is 75.7 Å². The second kappa shape index (κ2) is 8.82. The summed E-state index contributed by atoms with van der Waals surface area (Å²) in [6, 6.07) is 10.7. The minimum Gasteiger partial charge on any atom is -0.379 e. The van der Waals surface area contributed by atoms with Crippen LogP contribution < -0.4 is 9.50 Å². The number of urea groups is 1. The number of carbonyl (C=O) groups excluding carboxylic acids is 1. The fourth-order valence-electron chi connectivity index (χ4n) is 2.50. The first-order valence-electron chi connectivity index (χ1n) is 9.25. The molecule has 8 heteroatoms. The first-order valence-corrected chi connectivity index (χ1v) is 10.7. The van der Waals surface area contributed by atoms with E-state index in [2.05, 4.69) is 5.32 Å². The van der Waals surface area contributed by atoms with E-state index in [9.17, 15) is 17.6 Å². The number of rotatable bonds is 6. The monoisotopic (exact) mass is 422 g/mol. The first-order chi connectivity index (χ1) is 13.4. The van der Waals surface area contributed by atoms with Gasteiger partial charge in [0.25, 0.3) is 0 Å². The number of hydrogen-bond acceptors (Lipinski definition) is 4. The number of halogens is 1.